The van der Waals surface area contributed by atoms with Crippen LogP contribution in [-0.2, 0) is 4.79 Å². The summed E-state index contributed by atoms with van der Waals surface area (Å²) in [6.45, 7) is 4.22. The first kappa shape index (κ1) is 14.0. The molecule has 0 aliphatic rings. The van der Waals surface area contributed by atoms with Gasteiger partial charge < -0.3 is 10.6 Å². The van der Waals surface area contributed by atoms with Gasteiger partial charge in [-0.2, -0.15) is 0 Å². The van der Waals surface area contributed by atoms with Gasteiger partial charge in [0.05, 0.1) is 5.69 Å². The van der Waals surface area contributed by atoms with Crippen molar-refractivity contribution in [2.45, 2.75) is 26.3 Å². The van der Waals surface area contributed by atoms with Gasteiger partial charge in [0, 0.05) is 23.5 Å². The molecule has 0 atom stereocenters. The Hall–Kier alpha value is -1.10. The molecule has 5 heteroatoms. The average Bonchev–Trinajstić information content (AvgIpc) is 2.20. The van der Waals surface area contributed by atoms with E-state index in [2.05, 4.69) is 26.6 Å². The Morgan fingerprint density at radius 1 is 1.47 bits per heavy atom. The minimum Gasteiger partial charge on any atom is -0.382 e. The Balaban J connectivity index is 2.38. The van der Waals surface area contributed by atoms with Crippen molar-refractivity contribution in [3.05, 3.63) is 28.5 Å². The fourth-order valence-electron chi connectivity index (χ4n) is 1.34. The Kier molecular flexibility index (Phi) is 5.41. The second-order valence-electron chi connectivity index (χ2n) is 4.02. The summed E-state index contributed by atoms with van der Waals surface area (Å²) >= 11 is 3.18. The maximum absolute atomic E-state index is 13.4. The number of carbonyl (C=O) groups excluding carboxylic acids is 1. The van der Waals surface area contributed by atoms with Crippen molar-refractivity contribution < 1.29 is 9.18 Å². The van der Waals surface area contributed by atoms with Crippen molar-refractivity contribution in [2.75, 3.05) is 11.9 Å². The molecule has 0 fully saturated rings. The lowest BCUT2D eigenvalue weighted by atomic mass is 10.3. The smallest absolute Gasteiger partial charge is 0.221 e. The van der Waals surface area contributed by atoms with E-state index in [1.54, 1.807) is 12.1 Å². The molecule has 0 unspecified atom stereocenters. The number of nitrogens with one attached hydrogen (secondary N) is 2. The van der Waals surface area contributed by atoms with Crippen molar-refractivity contribution in [1.29, 1.82) is 0 Å². The predicted octanol–water partition coefficient (Wildman–Crippen LogP) is 2.91. The number of hydrogen-bond donors (Lipinski definition) is 2. The normalized spacial score (nSPS) is 10.4. The zero-order valence-electron chi connectivity index (χ0n) is 9.89. The lowest BCUT2D eigenvalue weighted by molar-refractivity contribution is -0.121. The first-order chi connectivity index (χ1) is 7.99. The van der Waals surface area contributed by atoms with E-state index in [0.29, 0.717) is 23.1 Å². The largest absolute Gasteiger partial charge is 0.382 e. The van der Waals surface area contributed by atoms with Crippen LogP contribution in [-0.4, -0.2) is 18.5 Å². The van der Waals surface area contributed by atoms with Gasteiger partial charge in [-0.3, -0.25) is 4.79 Å². The van der Waals surface area contributed by atoms with Crippen molar-refractivity contribution in [3.8, 4) is 0 Å². The second-order valence-corrected chi connectivity index (χ2v) is 4.94. The van der Waals surface area contributed by atoms with E-state index in [4.69, 9.17) is 0 Å². The quantitative estimate of drug-likeness (QED) is 0.878. The second kappa shape index (κ2) is 6.59. The number of halogens is 2. The van der Waals surface area contributed by atoms with Gasteiger partial charge in [0.1, 0.15) is 5.82 Å². The molecule has 2 N–H and O–H groups in total. The molecule has 0 heterocycles. The third-order valence-corrected chi connectivity index (χ3v) is 2.54. The van der Waals surface area contributed by atoms with Gasteiger partial charge in [-0.05, 0) is 32.0 Å². The zero-order valence-corrected chi connectivity index (χ0v) is 11.5. The maximum Gasteiger partial charge on any atom is 0.221 e. The highest BCUT2D eigenvalue weighted by Crippen LogP contribution is 2.19. The summed E-state index contributed by atoms with van der Waals surface area (Å²) in [6.07, 6.45) is 0.327. The van der Waals surface area contributed by atoms with Gasteiger partial charge in [0.15, 0.2) is 0 Å². The number of hydrogen-bond acceptors (Lipinski definition) is 2. The van der Waals surface area contributed by atoms with Gasteiger partial charge >= 0.3 is 0 Å². The van der Waals surface area contributed by atoms with E-state index in [1.807, 2.05) is 13.8 Å². The molecular weight excluding hydrogens is 287 g/mol. The average molecular weight is 303 g/mol. The molecule has 0 spiro atoms. The molecule has 17 heavy (non-hydrogen) atoms. The minimum absolute atomic E-state index is 0.0370. The van der Waals surface area contributed by atoms with Gasteiger partial charge in [-0.25, -0.2) is 4.39 Å². The highest BCUT2D eigenvalue weighted by molar-refractivity contribution is 9.10. The fourth-order valence-corrected chi connectivity index (χ4v) is 1.67. The molecule has 1 rings (SSSR count). The van der Waals surface area contributed by atoms with Gasteiger partial charge in [-0.1, -0.05) is 15.9 Å². The van der Waals surface area contributed by atoms with E-state index in [1.165, 1.54) is 6.07 Å². The Morgan fingerprint density at radius 3 is 2.76 bits per heavy atom. The summed E-state index contributed by atoms with van der Waals surface area (Å²) in [5.41, 5.74) is 0.408. The number of anilines is 1. The van der Waals surface area contributed by atoms with E-state index in [0.717, 1.165) is 0 Å². The monoisotopic (exact) mass is 302 g/mol. The van der Waals surface area contributed by atoms with Gasteiger partial charge in [0.2, 0.25) is 5.91 Å². The molecular formula is C12H16BrFN2O. The molecule has 3 nitrogen and oxygen atoms in total. The van der Waals surface area contributed by atoms with Gasteiger partial charge in [0.25, 0.3) is 0 Å². The number of carbonyl (C=O) groups is 1. The highest BCUT2D eigenvalue weighted by Gasteiger charge is 2.05. The van der Waals surface area contributed by atoms with E-state index in [9.17, 15) is 9.18 Å². The minimum atomic E-state index is -0.330. The van der Waals surface area contributed by atoms with Crippen molar-refractivity contribution in [2.24, 2.45) is 0 Å². The van der Waals surface area contributed by atoms with Crippen molar-refractivity contribution in [1.82, 2.24) is 5.32 Å². The van der Waals surface area contributed by atoms with Crippen LogP contribution in [0.5, 0.6) is 0 Å². The molecule has 0 aliphatic heterocycles. The molecule has 1 aromatic rings. The van der Waals surface area contributed by atoms with Crippen molar-refractivity contribution >= 4 is 27.5 Å². The van der Waals surface area contributed by atoms with E-state index >= 15 is 0 Å². The molecule has 0 aliphatic carbocycles. The first-order valence-electron chi connectivity index (χ1n) is 5.47. The molecule has 0 saturated carbocycles. The Labute approximate surface area is 109 Å². The van der Waals surface area contributed by atoms with Crippen LogP contribution in [0.15, 0.2) is 22.7 Å². The summed E-state index contributed by atoms with van der Waals surface area (Å²) in [6, 6.07) is 4.91. The van der Waals surface area contributed by atoms with Crippen LogP contribution in [0.1, 0.15) is 20.3 Å². The van der Waals surface area contributed by atoms with E-state index < -0.39 is 0 Å². The van der Waals surface area contributed by atoms with Crippen LogP contribution in [0, 0.1) is 5.82 Å². The number of rotatable bonds is 5. The molecule has 0 bridgehead atoms. The van der Waals surface area contributed by atoms with Gasteiger partial charge in [-0.15, -0.1) is 0 Å². The summed E-state index contributed by atoms with van der Waals surface area (Å²) < 4.78 is 14.1. The Morgan fingerprint density at radius 2 is 2.18 bits per heavy atom. The topological polar surface area (TPSA) is 41.1 Å². The SMILES string of the molecule is CC(C)NC(=O)CCNc1ccc(Br)cc1F. The standard InChI is InChI=1S/C12H16BrFN2O/c1-8(2)16-12(17)5-6-15-11-4-3-9(13)7-10(11)14/h3-4,7-8,15H,5-6H2,1-2H3,(H,16,17). The van der Waals surface area contributed by atoms with Crippen molar-refractivity contribution in [3.63, 3.8) is 0 Å². The summed E-state index contributed by atoms with van der Waals surface area (Å²) in [5, 5.41) is 5.66. The first-order valence-corrected chi connectivity index (χ1v) is 6.26. The summed E-state index contributed by atoms with van der Waals surface area (Å²) in [4.78, 5) is 11.3. The predicted molar refractivity (Wildman–Crippen MR) is 70.5 cm³/mol. The third-order valence-electron chi connectivity index (χ3n) is 2.05. The van der Waals surface area contributed by atoms with Crippen LogP contribution in [0.4, 0.5) is 10.1 Å². The summed E-state index contributed by atoms with van der Waals surface area (Å²) in [5.74, 6) is -0.367. The molecule has 94 valence electrons. The molecule has 0 radical (unpaired) electrons. The zero-order chi connectivity index (χ0) is 12.8. The maximum atomic E-state index is 13.4. The molecule has 1 amide bonds. The summed E-state index contributed by atoms with van der Waals surface area (Å²) in [7, 11) is 0. The highest BCUT2D eigenvalue weighted by atomic mass is 79.9. The Bertz CT molecular complexity index is 396. The lowest BCUT2D eigenvalue weighted by Gasteiger charge is -2.10. The number of amides is 1. The van der Waals surface area contributed by atoms with Crippen LogP contribution in [0.2, 0.25) is 0 Å². The fraction of sp³-hybridized carbons (Fsp3) is 0.417. The van der Waals surface area contributed by atoms with Crippen LogP contribution in [0.25, 0.3) is 0 Å². The molecule has 1 aromatic carbocycles. The van der Waals surface area contributed by atoms with Crippen LogP contribution in [0.3, 0.4) is 0 Å². The molecule has 0 saturated heterocycles. The number of benzene rings is 1. The van der Waals surface area contributed by atoms with Crippen LogP contribution >= 0.6 is 15.9 Å². The lowest BCUT2D eigenvalue weighted by Crippen LogP contribution is -2.31. The third kappa shape index (κ3) is 5.17. The van der Waals surface area contributed by atoms with E-state index in [-0.39, 0.29) is 17.8 Å². The molecule has 0 aromatic heterocycles. The van der Waals surface area contributed by atoms with Crippen LogP contribution < -0.4 is 10.6 Å².